The van der Waals surface area contributed by atoms with E-state index < -0.39 is 6.10 Å². The van der Waals surface area contributed by atoms with Crippen molar-refractivity contribution in [3.05, 3.63) is 59.5 Å². The third-order valence-electron chi connectivity index (χ3n) is 5.46. The van der Waals surface area contributed by atoms with Gasteiger partial charge >= 0.3 is 0 Å². The summed E-state index contributed by atoms with van der Waals surface area (Å²) in [6, 6.07) is 9.33. The zero-order valence-electron chi connectivity index (χ0n) is 19.0. The van der Waals surface area contributed by atoms with Gasteiger partial charge in [0.1, 0.15) is 6.10 Å². The van der Waals surface area contributed by atoms with Crippen molar-refractivity contribution >= 4 is 28.7 Å². The highest BCUT2D eigenvalue weighted by Crippen LogP contribution is 2.27. The summed E-state index contributed by atoms with van der Waals surface area (Å²) in [5, 5.41) is 6.61. The van der Waals surface area contributed by atoms with Gasteiger partial charge in [-0.15, -0.1) is 0 Å². The fraction of sp³-hybridized carbons (Fsp3) is 0.375. The molecule has 2 aromatic heterocycles. The second-order valence-corrected chi connectivity index (χ2v) is 8.37. The first kappa shape index (κ1) is 22.6. The van der Waals surface area contributed by atoms with Gasteiger partial charge in [0, 0.05) is 37.9 Å². The molecule has 2 N–H and O–H groups in total. The van der Waals surface area contributed by atoms with Crippen molar-refractivity contribution in [2.24, 2.45) is 5.92 Å². The second kappa shape index (κ2) is 9.91. The van der Waals surface area contributed by atoms with Gasteiger partial charge in [0.15, 0.2) is 0 Å². The number of anilines is 1. The van der Waals surface area contributed by atoms with Crippen LogP contribution < -0.4 is 10.6 Å². The van der Waals surface area contributed by atoms with Crippen molar-refractivity contribution in [2.45, 2.75) is 20.0 Å². The van der Waals surface area contributed by atoms with Gasteiger partial charge in [-0.25, -0.2) is 15.0 Å². The molecule has 0 saturated carbocycles. The third-order valence-corrected chi connectivity index (χ3v) is 5.46. The number of carbonyl (C=O) groups excluding carboxylic acids is 2. The van der Waals surface area contributed by atoms with Gasteiger partial charge in [-0.1, -0.05) is 32.0 Å². The molecule has 0 unspecified atom stereocenters. The van der Waals surface area contributed by atoms with Gasteiger partial charge in [0.05, 0.1) is 35.5 Å². The minimum Gasteiger partial charge on any atom is -0.368 e. The number of carbonyl (C=O) groups is 2. The molecule has 4 rings (SSSR count). The average Bonchev–Trinajstić information content (AvgIpc) is 2.86. The van der Waals surface area contributed by atoms with Crippen molar-refractivity contribution in [3.8, 4) is 0 Å². The Morgan fingerprint density at radius 1 is 1.21 bits per heavy atom. The van der Waals surface area contributed by atoms with Gasteiger partial charge in [-0.3, -0.25) is 9.59 Å². The summed E-state index contributed by atoms with van der Waals surface area (Å²) in [5.41, 5.74) is 2.31. The van der Waals surface area contributed by atoms with E-state index in [0.717, 1.165) is 5.39 Å². The summed E-state index contributed by atoms with van der Waals surface area (Å²) in [6.45, 7) is 5.84. The van der Waals surface area contributed by atoms with Gasteiger partial charge in [-0.05, 0) is 18.1 Å². The Morgan fingerprint density at radius 2 is 1.97 bits per heavy atom. The van der Waals surface area contributed by atoms with E-state index in [1.165, 1.54) is 12.4 Å². The molecular weight excluding hydrogens is 420 g/mol. The number of rotatable bonds is 6. The number of aromatic nitrogens is 3. The molecule has 1 aromatic carbocycles. The molecule has 9 nitrogen and oxygen atoms in total. The summed E-state index contributed by atoms with van der Waals surface area (Å²) in [7, 11) is 1.72. The highest BCUT2D eigenvalue weighted by atomic mass is 16.5. The van der Waals surface area contributed by atoms with Gasteiger partial charge in [0.2, 0.25) is 5.95 Å². The van der Waals surface area contributed by atoms with E-state index in [1.54, 1.807) is 18.0 Å². The molecule has 3 aromatic rings. The number of benzene rings is 1. The molecule has 1 aliphatic rings. The van der Waals surface area contributed by atoms with E-state index in [2.05, 4.69) is 34.4 Å². The second-order valence-electron chi connectivity index (χ2n) is 8.37. The monoisotopic (exact) mass is 448 g/mol. The topological polar surface area (TPSA) is 109 Å². The molecule has 33 heavy (non-hydrogen) atoms. The van der Waals surface area contributed by atoms with Crippen LogP contribution in [0.1, 0.15) is 46.4 Å². The molecular formula is C24H28N6O3. The van der Waals surface area contributed by atoms with Crippen LogP contribution in [0.5, 0.6) is 0 Å². The fourth-order valence-electron chi connectivity index (χ4n) is 3.70. The lowest BCUT2D eigenvalue weighted by atomic mass is 10.0. The number of para-hydroxylation sites is 1. The van der Waals surface area contributed by atoms with E-state index >= 15 is 0 Å². The minimum absolute atomic E-state index is 0.144. The predicted octanol–water partition coefficient (Wildman–Crippen LogP) is 2.67. The predicted molar refractivity (Wildman–Crippen MR) is 125 cm³/mol. The molecule has 1 saturated heterocycles. The molecule has 0 bridgehead atoms. The lowest BCUT2D eigenvalue weighted by Crippen LogP contribution is -2.42. The van der Waals surface area contributed by atoms with E-state index in [-0.39, 0.29) is 11.8 Å². The normalized spacial score (nSPS) is 16.1. The van der Waals surface area contributed by atoms with Crippen molar-refractivity contribution in [3.63, 3.8) is 0 Å². The van der Waals surface area contributed by atoms with Gasteiger partial charge in [0.25, 0.3) is 11.8 Å². The molecule has 1 fully saturated rings. The Balaban J connectivity index is 1.59. The Bertz CT molecular complexity index is 1150. The zero-order valence-corrected chi connectivity index (χ0v) is 19.0. The number of fused-ring (bicyclic) bond motifs is 1. The summed E-state index contributed by atoms with van der Waals surface area (Å²) >= 11 is 0. The number of nitrogens with one attached hydrogen (secondary N) is 2. The highest BCUT2D eigenvalue weighted by Gasteiger charge is 2.28. The van der Waals surface area contributed by atoms with Crippen LogP contribution in [-0.4, -0.2) is 65.0 Å². The van der Waals surface area contributed by atoms with Crippen molar-refractivity contribution < 1.29 is 14.3 Å². The van der Waals surface area contributed by atoms with E-state index in [1.807, 2.05) is 24.3 Å². The Kier molecular flexibility index (Phi) is 6.79. The minimum atomic E-state index is -0.443. The maximum absolute atomic E-state index is 13.0. The standard InChI is InChI=1S/C24H28N6O3/c1-15(2)11-26-22(31)18-10-20(29-19-7-5-4-6-17(18)19)21-14-30(8-9-33-21)23(32)16-12-27-24(25-3)28-13-16/h4-7,10,12-13,15,21H,8-9,11,14H2,1-3H3,(H,26,31)(H,25,27,28)/t21-/m0/s1. The Morgan fingerprint density at radius 3 is 2.70 bits per heavy atom. The summed E-state index contributed by atoms with van der Waals surface area (Å²) in [4.78, 5) is 40.7. The lowest BCUT2D eigenvalue weighted by molar-refractivity contribution is -0.0246. The lowest BCUT2D eigenvalue weighted by Gasteiger charge is -2.33. The molecule has 172 valence electrons. The molecule has 9 heteroatoms. The molecule has 0 aliphatic carbocycles. The largest absolute Gasteiger partial charge is 0.368 e. The fourth-order valence-corrected chi connectivity index (χ4v) is 3.70. The number of ether oxygens (including phenoxy) is 1. The van der Waals surface area contributed by atoms with E-state index in [4.69, 9.17) is 9.72 Å². The quantitative estimate of drug-likeness (QED) is 0.597. The molecule has 0 spiro atoms. The zero-order chi connectivity index (χ0) is 23.4. The Hall–Kier alpha value is -3.59. The number of hydrogen-bond donors (Lipinski definition) is 2. The molecule has 3 heterocycles. The highest BCUT2D eigenvalue weighted by molar-refractivity contribution is 6.06. The number of hydrogen-bond acceptors (Lipinski definition) is 7. The average molecular weight is 449 g/mol. The molecule has 0 radical (unpaired) electrons. The first-order valence-electron chi connectivity index (χ1n) is 11.0. The smallest absolute Gasteiger partial charge is 0.257 e. The Labute approximate surface area is 192 Å². The van der Waals surface area contributed by atoms with Crippen LogP contribution in [0.4, 0.5) is 5.95 Å². The van der Waals surface area contributed by atoms with Crippen molar-refractivity contribution in [2.75, 3.05) is 38.6 Å². The number of pyridine rings is 1. The van der Waals surface area contributed by atoms with E-state index in [9.17, 15) is 9.59 Å². The van der Waals surface area contributed by atoms with Crippen LogP contribution in [0, 0.1) is 5.92 Å². The van der Waals surface area contributed by atoms with Crippen LogP contribution >= 0.6 is 0 Å². The molecule has 1 atom stereocenters. The summed E-state index contributed by atoms with van der Waals surface area (Å²) in [5.74, 6) is 0.486. The van der Waals surface area contributed by atoms with Crippen molar-refractivity contribution in [1.82, 2.24) is 25.2 Å². The van der Waals surface area contributed by atoms with Crippen LogP contribution in [0.15, 0.2) is 42.7 Å². The summed E-state index contributed by atoms with van der Waals surface area (Å²) < 4.78 is 5.97. The van der Waals surface area contributed by atoms with Crippen LogP contribution in [0.2, 0.25) is 0 Å². The van der Waals surface area contributed by atoms with E-state index in [0.29, 0.717) is 60.4 Å². The SMILES string of the molecule is CNc1ncc(C(=O)N2CCO[C@H](c3cc(C(=O)NCC(C)C)c4ccccc4n3)C2)cn1. The van der Waals surface area contributed by atoms with Gasteiger partial charge in [-0.2, -0.15) is 0 Å². The van der Waals surface area contributed by atoms with Crippen molar-refractivity contribution in [1.29, 1.82) is 0 Å². The first-order chi connectivity index (χ1) is 16.0. The number of morpholine rings is 1. The van der Waals surface area contributed by atoms with Crippen LogP contribution in [0.3, 0.4) is 0 Å². The number of amides is 2. The maximum atomic E-state index is 13.0. The summed E-state index contributed by atoms with van der Waals surface area (Å²) in [6.07, 6.45) is 2.58. The third kappa shape index (κ3) is 5.09. The van der Waals surface area contributed by atoms with Crippen LogP contribution in [-0.2, 0) is 4.74 Å². The van der Waals surface area contributed by atoms with Gasteiger partial charge < -0.3 is 20.3 Å². The first-order valence-corrected chi connectivity index (χ1v) is 11.0. The molecule has 1 aliphatic heterocycles. The molecule has 2 amide bonds. The number of nitrogens with zero attached hydrogens (tertiary/aromatic N) is 4. The maximum Gasteiger partial charge on any atom is 0.257 e. The van der Waals surface area contributed by atoms with Crippen LogP contribution in [0.25, 0.3) is 10.9 Å².